The van der Waals surface area contributed by atoms with Gasteiger partial charge in [-0.05, 0) is 50.5 Å². The summed E-state index contributed by atoms with van der Waals surface area (Å²) in [6.07, 6.45) is 0. The number of para-hydroxylation sites is 1. The standard InChI is InChI=1S/C20H25NO3/c1-13-10-11-14(2)20(15(13)3)24-12-19(22)21-16(4)17-8-6-7-9-18(17)23-5/h6-11,16H,12H2,1-5H3,(H,21,22). The normalized spacial score (nSPS) is 11.7. The minimum atomic E-state index is -0.159. The summed E-state index contributed by atoms with van der Waals surface area (Å²) in [6.45, 7) is 7.94. The molecular weight excluding hydrogens is 302 g/mol. The number of carbonyl (C=O) groups is 1. The van der Waals surface area contributed by atoms with Crippen LogP contribution in [0.2, 0.25) is 0 Å². The molecule has 0 aliphatic heterocycles. The van der Waals surface area contributed by atoms with Crippen LogP contribution in [0.1, 0.15) is 35.2 Å². The Bertz CT molecular complexity index is 725. The van der Waals surface area contributed by atoms with Crippen LogP contribution in [0, 0.1) is 20.8 Å². The average Bonchev–Trinajstić information content (AvgIpc) is 2.58. The lowest BCUT2D eigenvalue weighted by Crippen LogP contribution is -2.31. The Balaban J connectivity index is 2.00. The van der Waals surface area contributed by atoms with E-state index in [2.05, 4.69) is 11.4 Å². The predicted octanol–water partition coefficient (Wildman–Crippen LogP) is 3.88. The minimum Gasteiger partial charge on any atom is -0.496 e. The molecule has 0 saturated carbocycles. The van der Waals surface area contributed by atoms with E-state index in [4.69, 9.17) is 9.47 Å². The van der Waals surface area contributed by atoms with Crippen LogP contribution in [0.4, 0.5) is 0 Å². The number of amides is 1. The summed E-state index contributed by atoms with van der Waals surface area (Å²) in [5.74, 6) is 1.39. The molecule has 128 valence electrons. The number of nitrogens with one attached hydrogen (secondary N) is 1. The summed E-state index contributed by atoms with van der Waals surface area (Å²) in [7, 11) is 1.62. The quantitative estimate of drug-likeness (QED) is 0.876. The molecule has 1 atom stereocenters. The molecule has 0 fully saturated rings. The number of ether oxygens (including phenoxy) is 2. The predicted molar refractivity (Wildman–Crippen MR) is 95.7 cm³/mol. The van der Waals surface area contributed by atoms with Crippen molar-refractivity contribution < 1.29 is 14.3 Å². The fraction of sp³-hybridized carbons (Fsp3) is 0.350. The molecule has 0 heterocycles. The van der Waals surface area contributed by atoms with Gasteiger partial charge in [0.1, 0.15) is 11.5 Å². The van der Waals surface area contributed by atoms with Crippen LogP contribution in [-0.4, -0.2) is 19.6 Å². The summed E-state index contributed by atoms with van der Waals surface area (Å²) in [6, 6.07) is 11.6. The Labute approximate surface area is 143 Å². The van der Waals surface area contributed by atoms with Gasteiger partial charge in [-0.25, -0.2) is 0 Å². The van der Waals surface area contributed by atoms with Crippen molar-refractivity contribution in [3.05, 3.63) is 58.7 Å². The Morgan fingerprint density at radius 3 is 2.46 bits per heavy atom. The Kier molecular flexibility index (Phi) is 5.85. The molecule has 0 aliphatic carbocycles. The maximum absolute atomic E-state index is 12.2. The fourth-order valence-corrected chi connectivity index (χ4v) is 2.67. The topological polar surface area (TPSA) is 47.6 Å². The van der Waals surface area contributed by atoms with Crippen molar-refractivity contribution >= 4 is 5.91 Å². The van der Waals surface area contributed by atoms with E-state index in [1.54, 1.807) is 7.11 Å². The molecule has 1 amide bonds. The van der Waals surface area contributed by atoms with E-state index < -0.39 is 0 Å². The van der Waals surface area contributed by atoms with E-state index >= 15 is 0 Å². The second kappa shape index (κ2) is 7.86. The number of methoxy groups -OCH3 is 1. The van der Waals surface area contributed by atoms with Crippen LogP contribution >= 0.6 is 0 Å². The molecule has 2 aromatic carbocycles. The number of rotatable bonds is 6. The van der Waals surface area contributed by atoms with Gasteiger partial charge < -0.3 is 14.8 Å². The van der Waals surface area contributed by atoms with Crippen molar-refractivity contribution in [1.29, 1.82) is 0 Å². The molecule has 0 bridgehead atoms. The highest BCUT2D eigenvalue weighted by molar-refractivity contribution is 5.78. The lowest BCUT2D eigenvalue weighted by atomic mass is 10.1. The zero-order valence-corrected chi connectivity index (χ0v) is 15.0. The van der Waals surface area contributed by atoms with E-state index in [-0.39, 0.29) is 18.6 Å². The zero-order valence-electron chi connectivity index (χ0n) is 15.0. The molecule has 1 N–H and O–H groups in total. The van der Waals surface area contributed by atoms with Crippen molar-refractivity contribution in [2.75, 3.05) is 13.7 Å². The lowest BCUT2D eigenvalue weighted by Gasteiger charge is -2.18. The minimum absolute atomic E-state index is 0.00930. The second-order valence-corrected chi connectivity index (χ2v) is 5.97. The molecule has 4 heteroatoms. The molecule has 0 saturated heterocycles. The van der Waals surface area contributed by atoms with Crippen LogP contribution < -0.4 is 14.8 Å². The van der Waals surface area contributed by atoms with Crippen LogP contribution in [0.15, 0.2) is 36.4 Å². The van der Waals surface area contributed by atoms with Crippen molar-refractivity contribution in [2.24, 2.45) is 0 Å². The smallest absolute Gasteiger partial charge is 0.258 e. The maximum Gasteiger partial charge on any atom is 0.258 e. The van der Waals surface area contributed by atoms with E-state index in [1.165, 1.54) is 0 Å². The van der Waals surface area contributed by atoms with E-state index in [1.807, 2.05) is 58.0 Å². The highest BCUT2D eigenvalue weighted by Crippen LogP contribution is 2.26. The molecule has 0 spiro atoms. The zero-order chi connectivity index (χ0) is 17.7. The first-order valence-corrected chi connectivity index (χ1v) is 8.06. The van der Waals surface area contributed by atoms with E-state index in [0.29, 0.717) is 0 Å². The van der Waals surface area contributed by atoms with Gasteiger partial charge in [0.15, 0.2) is 6.61 Å². The van der Waals surface area contributed by atoms with Gasteiger partial charge >= 0.3 is 0 Å². The van der Waals surface area contributed by atoms with Gasteiger partial charge in [-0.1, -0.05) is 30.3 Å². The summed E-state index contributed by atoms with van der Waals surface area (Å²) < 4.78 is 11.1. The third-order valence-corrected chi connectivity index (χ3v) is 4.20. The molecule has 0 aromatic heterocycles. The fourth-order valence-electron chi connectivity index (χ4n) is 2.67. The SMILES string of the molecule is COc1ccccc1C(C)NC(=O)COc1c(C)ccc(C)c1C. The van der Waals surface area contributed by atoms with Gasteiger partial charge in [0.25, 0.3) is 5.91 Å². The Hall–Kier alpha value is -2.49. The number of aryl methyl sites for hydroxylation is 2. The number of hydrogen-bond acceptors (Lipinski definition) is 3. The first kappa shape index (κ1) is 17.9. The van der Waals surface area contributed by atoms with Crippen LogP contribution in [0.3, 0.4) is 0 Å². The van der Waals surface area contributed by atoms with E-state index in [9.17, 15) is 4.79 Å². The second-order valence-electron chi connectivity index (χ2n) is 5.97. The maximum atomic E-state index is 12.2. The summed E-state index contributed by atoms with van der Waals surface area (Å²) in [4.78, 5) is 12.2. The average molecular weight is 327 g/mol. The van der Waals surface area contributed by atoms with Crippen LogP contribution in [0.25, 0.3) is 0 Å². The molecule has 2 rings (SSSR count). The van der Waals surface area contributed by atoms with Crippen molar-refractivity contribution in [3.63, 3.8) is 0 Å². The third kappa shape index (κ3) is 4.07. The molecular formula is C20H25NO3. The van der Waals surface area contributed by atoms with Gasteiger partial charge in [0.2, 0.25) is 0 Å². The number of carbonyl (C=O) groups excluding carboxylic acids is 1. The Morgan fingerprint density at radius 2 is 1.75 bits per heavy atom. The lowest BCUT2D eigenvalue weighted by molar-refractivity contribution is -0.123. The van der Waals surface area contributed by atoms with Gasteiger partial charge in [0.05, 0.1) is 13.2 Å². The molecule has 0 radical (unpaired) electrons. The van der Waals surface area contributed by atoms with E-state index in [0.717, 1.165) is 33.8 Å². The van der Waals surface area contributed by atoms with Gasteiger partial charge in [-0.15, -0.1) is 0 Å². The monoisotopic (exact) mass is 327 g/mol. The molecule has 4 nitrogen and oxygen atoms in total. The number of benzene rings is 2. The Morgan fingerprint density at radius 1 is 1.08 bits per heavy atom. The summed E-state index contributed by atoms with van der Waals surface area (Å²) >= 11 is 0. The van der Waals surface area contributed by atoms with Crippen molar-refractivity contribution in [3.8, 4) is 11.5 Å². The first-order chi connectivity index (χ1) is 11.4. The number of hydrogen-bond donors (Lipinski definition) is 1. The third-order valence-electron chi connectivity index (χ3n) is 4.20. The summed E-state index contributed by atoms with van der Waals surface area (Å²) in [5, 5.41) is 2.95. The van der Waals surface area contributed by atoms with Gasteiger partial charge in [0, 0.05) is 5.56 Å². The van der Waals surface area contributed by atoms with Crippen LogP contribution in [-0.2, 0) is 4.79 Å². The van der Waals surface area contributed by atoms with Crippen molar-refractivity contribution in [2.45, 2.75) is 33.7 Å². The molecule has 0 aliphatic rings. The highest BCUT2D eigenvalue weighted by atomic mass is 16.5. The van der Waals surface area contributed by atoms with Gasteiger partial charge in [-0.3, -0.25) is 4.79 Å². The van der Waals surface area contributed by atoms with Crippen molar-refractivity contribution in [1.82, 2.24) is 5.32 Å². The largest absolute Gasteiger partial charge is 0.496 e. The molecule has 24 heavy (non-hydrogen) atoms. The molecule has 1 unspecified atom stereocenters. The molecule has 2 aromatic rings. The first-order valence-electron chi connectivity index (χ1n) is 8.06. The van der Waals surface area contributed by atoms with Crippen LogP contribution in [0.5, 0.6) is 11.5 Å². The summed E-state index contributed by atoms with van der Waals surface area (Å²) in [5.41, 5.74) is 4.19. The van der Waals surface area contributed by atoms with Gasteiger partial charge in [-0.2, -0.15) is 0 Å². The highest BCUT2D eigenvalue weighted by Gasteiger charge is 2.15.